The highest BCUT2D eigenvalue weighted by Crippen LogP contribution is 2.32. The molecule has 0 radical (unpaired) electrons. The molecule has 2 fully saturated rings. The van der Waals surface area contributed by atoms with Gasteiger partial charge in [-0.05, 0) is 44.2 Å². The first-order chi connectivity index (χ1) is 13.8. The van der Waals surface area contributed by atoms with Crippen molar-refractivity contribution in [2.24, 2.45) is 5.73 Å². The van der Waals surface area contributed by atoms with Crippen LogP contribution >= 0.6 is 0 Å². The van der Waals surface area contributed by atoms with Gasteiger partial charge in [0.15, 0.2) is 5.76 Å². The fourth-order valence-electron chi connectivity index (χ4n) is 3.37. The zero-order chi connectivity index (χ0) is 20.9. The molecule has 0 unspecified atom stereocenters. The van der Waals surface area contributed by atoms with Crippen LogP contribution in [0.2, 0.25) is 0 Å². The van der Waals surface area contributed by atoms with Crippen molar-refractivity contribution in [3.05, 3.63) is 23.7 Å². The molecular formula is C21H27NO7. The summed E-state index contributed by atoms with van der Waals surface area (Å²) in [6.07, 6.45) is 7.56. The number of aliphatic hydroxyl groups is 1. The van der Waals surface area contributed by atoms with Gasteiger partial charge < -0.3 is 29.5 Å². The zero-order valence-corrected chi connectivity index (χ0v) is 16.6. The summed E-state index contributed by atoms with van der Waals surface area (Å²) < 4.78 is 20.7. The minimum absolute atomic E-state index is 0.139. The monoisotopic (exact) mass is 405 g/mol. The zero-order valence-electron chi connectivity index (χ0n) is 16.6. The van der Waals surface area contributed by atoms with Gasteiger partial charge in [-0.3, -0.25) is 0 Å². The fourth-order valence-corrected chi connectivity index (χ4v) is 3.37. The van der Waals surface area contributed by atoms with Crippen molar-refractivity contribution >= 4 is 11.9 Å². The molecule has 158 valence electrons. The maximum Gasteiger partial charge on any atom is 0.422 e. The molecule has 1 saturated carbocycles. The van der Waals surface area contributed by atoms with Crippen molar-refractivity contribution in [2.75, 3.05) is 6.61 Å². The number of carbonyl (C=O) groups excluding carboxylic acids is 2. The third-order valence-electron chi connectivity index (χ3n) is 5.25. The average Bonchev–Trinajstić information content (AvgIpc) is 3.25. The predicted molar refractivity (Wildman–Crippen MR) is 101 cm³/mol. The summed E-state index contributed by atoms with van der Waals surface area (Å²) in [5.74, 6) is 2.09. The van der Waals surface area contributed by atoms with E-state index in [0.717, 1.165) is 12.8 Å². The van der Waals surface area contributed by atoms with Gasteiger partial charge in [-0.15, -0.1) is 0 Å². The molecule has 1 aromatic rings. The van der Waals surface area contributed by atoms with Gasteiger partial charge in [0.25, 0.3) is 0 Å². The van der Waals surface area contributed by atoms with Crippen LogP contribution in [0, 0.1) is 11.8 Å². The molecule has 2 aliphatic rings. The summed E-state index contributed by atoms with van der Waals surface area (Å²) in [4.78, 5) is 22.4. The van der Waals surface area contributed by atoms with Crippen LogP contribution in [0.4, 0.5) is 0 Å². The summed E-state index contributed by atoms with van der Waals surface area (Å²) >= 11 is 0. The van der Waals surface area contributed by atoms with Crippen LogP contribution in [0.15, 0.2) is 16.5 Å². The van der Waals surface area contributed by atoms with Gasteiger partial charge in [-0.1, -0.05) is 25.2 Å². The minimum atomic E-state index is -2.49. The Morgan fingerprint density at radius 1 is 1.24 bits per heavy atom. The lowest BCUT2D eigenvalue weighted by molar-refractivity contribution is -0.324. The van der Waals surface area contributed by atoms with Gasteiger partial charge in [0, 0.05) is 12.8 Å². The smallest absolute Gasteiger partial charge is 0.422 e. The number of aryl methyl sites for hydroxylation is 1. The number of hydrogen-bond acceptors (Lipinski definition) is 8. The number of furan rings is 1. The van der Waals surface area contributed by atoms with Crippen molar-refractivity contribution in [3.63, 3.8) is 0 Å². The number of cyclic esters (lactones) is 2. The third kappa shape index (κ3) is 5.38. The fraction of sp³-hybridized carbons (Fsp3) is 0.619. The van der Waals surface area contributed by atoms with E-state index in [9.17, 15) is 14.7 Å². The Kier molecular flexibility index (Phi) is 6.63. The summed E-state index contributed by atoms with van der Waals surface area (Å²) in [5.41, 5.74) is 4.51. The van der Waals surface area contributed by atoms with Gasteiger partial charge >= 0.3 is 17.9 Å². The van der Waals surface area contributed by atoms with Crippen molar-refractivity contribution < 1.29 is 33.3 Å². The number of nitrogens with two attached hydrogens (primary N) is 1. The summed E-state index contributed by atoms with van der Waals surface area (Å²) in [6, 6.07) is 3.51. The molecule has 1 saturated heterocycles. The van der Waals surface area contributed by atoms with Gasteiger partial charge in [0.1, 0.15) is 11.3 Å². The molecule has 8 nitrogen and oxygen atoms in total. The highest BCUT2D eigenvalue weighted by atomic mass is 16.9. The SMILES string of the molecule is C[C@@](N)(CCc1ccc(C#CCCOC2CCCCC2)o1)C1(O)OC(=O)C(=O)O1. The van der Waals surface area contributed by atoms with Crippen LogP contribution in [0.1, 0.15) is 63.4 Å². The quantitative estimate of drug-likeness (QED) is 0.305. The first-order valence-corrected chi connectivity index (χ1v) is 9.96. The summed E-state index contributed by atoms with van der Waals surface area (Å²) in [5, 5.41) is 10.2. The Balaban J connectivity index is 1.44. The molecule has 2 heterocycles. The van der Waals surface area contributed by atoms with E-state index in [1.165, 1.54) is 26.2 Å². The molecule has 0 spiro atoms. The van der Waals surface area contributed by atoms with E-state index >= 15 is 0 Å². The second kappa shape index (κ2) is 8.99. The Hall–Kier alpha value is -2.34. The number of ether oxygens (including phenoxy) is 3. The van der Waals surface area contributed by atoms with E-state index in [4.69, 9.17) is 14.9 Å². The van der Waals surface area contributed by atoms with E-state index in [2.05, 4.69) is 21.3 Å². The molecular weight excluding hydrogens is 378 g/mol. The van der Waals surface area contributed by atoms with E-state index in [1.807, 2.05) is 0 Å². The van der Waals surface area contributed by atoms with Crippen LogP contribution in [0.3, 0.4) is 0 Å². The highest BCUT2D eigenvalue weighted by molar-refractivity contribution is 6.31. The molecule has 1 aromatic heterocycles. The van der Waals surface area contributed by atoms with Crippen LogP contribution in [0.5, 0.6) is 0 Å². The molecule has 3 rings (SSSR count). The molecule has 1 atom stereocenters. The van der Waals surface area contributed by atoms with E-state index in [-0.39, 0.29) is 6.42 Å². The molecule has 1 aliphatic carbocycles. The minimum Gasteiger partial charge on any atom is -0.453 e. The highest BCUT2D eigenvalue weighted by Gasteiger charge is 2.58. The number of hydrogen-bond donors (Lipinski definition) is 2. The second-order valence-electron chi connectivity index (χ2n) is 7.73. The Bertz CT molecular complexity index is 779. The summed E-state index contributed by atoms with van der Waals surface area (Å²) in [6.45, 7) is 2.04. The number of carbonyl (C=O) groups is 2. The van der Waals surface area contributed by atoms with Crippen LogP contribution in [-0.4, -0.2) is 41.3 Å². The molecule has 0 amide bonds. The Labute approximate surface area is 169 Å². The van der Waals surface area contributed by atoms with Crippen LogP contribution < -0.4 is 5.73 Å². The normalized spacial score (nSPS) is 21.1. The van der Waals surface area contributed by atoms with Crippen molar-refractivity contribution in [1.29, 1.82) is 0 Å². The maximum absolute atomic E-state index is 11.2. The first kappa shape index (κ1) is 21.4. The lowest BCUT2D eigenvalue weighted by Crippen LogP contribution is -2.60. The average molecular weight is 405 g/mol. The van der Waals surface area contributed by atoms with Crippen LogP contribution in [0.25, 0.3) is 0 Å². The Morgan fingerprint density at radius 3 is 2.62 bits per heavy atom. The van der Waals surface area contributed by atoms with Crippen LogP contribution in [-0.2, 0) is 30.2 Å². The predicted octanol–water partition coefficient (Wildman–Crippen LogP) is 1.77. The van der Waals surface area contributed by atoms with Gasteiger partial charge in [-0.25, -0.2) is 9.59 Å². The van der Waals surface area contributed by atoms with E-state index in [1.54, 1.807) is 12.1 Å². The molecule has 29 heavy (non-hydrogen) atoms. The van der Waals surface area contributed by atoms with Crippen molar-refractivity contribution in [1.82, 2.24) is 0 Å². The second-order valence-corrected chi connectivity index (χ2v) is 7.73. The number of rotatable bonds is 7. The number of esters is 2. The largest absolute Gasteiger partial charge is 0.453 e. The molecule has 0 aromatic carbocycles. The molecule has 1 aliphatic heterocycles. The molecule has 3 N–H and O–H groups in total. The first-order valence-electron chi connectivity index (χ1n) is 9.96. The van der Waals surface area contributed by atoms with Crippen molar-refractivity contribution in [2.45, 2.75) is 75.9 Å². The van der Waals surface area contributed by atoms with Gasteiger partial charge in [0.2, 0.25) is 0 Å². The Morgan fingerprint density at radius 2 is 1.93 bits per heavy atom. The maximum atomic E-state index is 11.2. The van der Waals surface area contributed by atoms with E-state index < -0.39 is 23.5 Å². The topological polar surface area (TPSA) is 121 Å². The standard InChI is InChI=1S/C21H27NO7/c1-20(22,21(25)28-18(23)19(24)29-21)13-12-17-11-10-16(27-17)9-5-6-14-26-15-7-3-2-4-8-15/h10-11,15,25H,2-4,6-8,12-14,22H2,1H3/t20-/m1/s1. The van der Waals surface area contributed by atoms with Gasteiger partial charge in [0.05, 0.1) is 12.7 Å². The van der Waals surface area contributed by atoms with Crippen molar-refractivity contribution in [3.8, 4) is 11.8 Å². The lowest BCUT2D eigenvalue weighted by Gasteiger charge is -2.34. The molecule has 8 heteroatoms. The molecule has 0 bridgehead atoms. The summed E-state index contributed by atoms with van der Waals surface area (Å²) in [7, 11) is 0. The van der Waals surface area contributed by atoms with E-state index in [0.29, 0.717) is 37.1 Å². The lowest BCUT2D eigenvalue weighted by atomic mass is 9.93. The third-order valence-corrected chi connectivity index (χ3v) is 5.25. The van der Waals surface area contributed by atoms with Gasteiger partial charge in [-0.2, -0.15) is 0 Å².